The Morgan fingerprint density at radius 1 is 1.44 bits per heavy atom. The lowest BCUT2D eigenvalue weighted by Crippen LogP contribution is -2.33. The Bertz CT molecular complexity index is 468. The molecule has 1 spiro atoms. The summed E-state index contributed by atoms with van der Waals surface area (Å²) < 4.78 is 0. The van der Waals surface area contributed by atoms with Gasteiger partial charge in [0.05, 0.1) is 11.3 Å². The second-order valence-electron chi connectivity index (χ2n) is 5.41. The van der Waals surface area contributed by atoms with Crippen molar-refractivity contribution in [1.82, 2.24) is 15.2 Å². The highest BCUT2D eigenvalue weighted by atomic mass is 16.2. The lowest BCUT2D eigenvalue weighted by Gasteiger charge is -2.22. The summed E-state index contributed by atoms with van der Waals surface area (Å²) in [5.41, 5.74) is 7.11. The number of anilines is 1. The molecule has 0 radical (unpaired) electrons. The molecule has 0 aromatic carbocycles. The number of nitrogens with zero attached hydrogens (tertiary/aromatic N) is 2. The molecule has 96 valence electrons. The summed E-state index contributed by atoms with van der Waals surface area (Å²) in [5, 5.41) is 3.39. The highest BCUT2D eigenvalue weighted by Gasteiger charge is 2.41. The van der Waals surface area contributed by atoms with Crippen LogP contribution in [0.2, 0.25) is 0 Å². The summed E-state index contributed by atoms with van der Waals surface area (Å²) in [7, 11) is 0. The highest BCUT2D eigenvalue weighted by molar-refractivity contribution is 5.94. The van der Waals surface area contributed by atoms with Gasteiger partial charge in [0.15, 0.2) is 0 Å². The van der Waals surface area contributed by atoms with Crippen LogP contribution in [0.15, 0.2) is 18.5 Å². The summed E-state index contributed by atoms with van der Waals surface area (Å²) >= 11 is 0. The molecule has 0 bridgehead atoms. The molecule has 3 rings (SSSR count). The molecule has 1 aromatic rings. The Labute approximate surface area is 106 Å². The summed E-state index contributed by atoms with van der Waals surface area (Å²) in [5.74, 6) is 0.0542. The molecule has 0 saturated carbocycles. The number of nitrogens with two attached hydrogens (primary N) is 1. The molecule has 5 heteroatoms. The lowest BCUT2D eigenvalue weighted by molar-refractivity contribution is 0.0775. The van der Waals surface area contributed by atoms with Gasteiger partial charge in [-0.15, -0.1) is 0 Å². The Morgan fingerprint density at radius 3 is 3.06 bits per heavy atom. The SMILES string of the molecule is Nc1cncc(C(=O)N2CCC3(CCNC3)C2)c1. The Morgan fingerprint density at radius 2 is 2.33 bits per heavy atom. The van der Waals surface area contributed by atoms with Crippen molar-refractivity contribution in [1.29, 1.82) is 0 Å². The van der Waals surface area contributed by atoms with Gasteiger partial charge in [-0.3, -0.25) is 9.78 Å². The smallest absolute Gasteiger partial charge is 0.255 e. The van der Waals surface area contributed by atoms with Crippen LogP contribution in [0.5, 0.6) is 0 Å². The molecule has 18 heavy (non-hydrogen) atoms. The standard InChI is InChI=1S/C13H18N4O/c14-11-5-10(6-16-7-11)12(18)17-4-2-13(9-17)1-3-15-8-13/h5-7,15H,1-4,8-9,14H2. The van der Waals surface area contributed by atoms with Crippen molar-refractivity contribution in [2.75, 3.05) is 31.9 Å². The minimum Gasteiger partial charge on any atom is -0.397 e. The first-order valence-electron chi connectivity index (χ1n) is 6.39. The van der Waals surface area contributed by atoms with Crippen molar-refractivity contribution in [2.45, 2.75) is 12.8 Å². The molecule has 2 aliphatic rings. The maximum absolute atomic E-state index is 12.3. The summed E-state index contributed by atoms with van der Waals surface area (Å²) in [6.07, 6.45) is 5.42. The number of amides is 1. The predicted octanol–water partition coefficient (Wildman–Crippen LogP) is 0.489. The molecule has 1 atom stereocenters. The van der Waals surface area contributed by atoms with E-state index in [1.807, 2.05) is 4.90 Å². The van der Waals surface area contributed by atoms with Gasteiger partial charge >= 0.3 is 0 Å². The first kappa shape index (κ1) is 11.5. The fraction of sp³-hybridized carbons (Fsp3) is 0.538. The summed E-state index contributed by atoms with van der Waals surface area (Å²) in [4.78, 5) is 18.3. The van der Waals surface area contributed by atoms with Gasteiger partial charge in [0.2, 0.25) is 0 Å². The summed E-state index contributed by atoms with van der Waals surface area (Å²) in [6, 6.07) is 1.70. The van der Waals surface area contributed by atoms with Crippen molar-refractivity contribution in [3.05, 3.63) is 24.0 Å². The zero-order valence-electron chi connectivity index (χ0n) is 10.4. The molecular formula is C13H18N4O. The van der Waals surface area contributed by atoms with Crippen LogP contribution in [0, 0.1) is 5.41 Å². The largest absolute Gasteiger partial charge is 0.397 e. The molecular weight excluding hydrogens is 228 g/mol. The normalized spacial score (nSPS) is 27.0. The number of hydrogen-bond acceptors (Lipinski definition) is 4. The van der Waals surface area contributed by atoms with E-state index in [0.29, 0.717) is 16.7 Å². The van der Waals surface area contributed by atoms with Crippen molar-refractivity contribution in [3.8, 4) is 0 Å². The molecule has 5 nitrogen and oxygen atoms in total. The average Bonchev–Trinajstić information content (AvgIpc) is 3.00. The maximum atomic E-state index is 12.3. The van der Waals surface area contributed by atoms with E-state index in [4.69, 9.17) is 5.73 Å². The van der Waals surface area contributed by atoms with Crippen molar-refractivity contribution >= 4 is 11.6 Å². The van der Waals surface area contributed by atoms with Crippen LogP contribution in [0.25, 0.3) is 0 Å². The first-order chi connectivity index (χ1) is 8.69. The van der Waals surface area contributed by atoms with E-state index in [2.05, 4.69) is 10.3 Å². The minimum absolute atomic E-state index is 0.0542. The van der Waals surface area contributed by atoms with E-state index in [9.17, 15) is 4.79 Å². The van der Waals surface area contributed by atoms with Crippen LogP contribution in [0.3, 0.4) is 0 Å². The number of nitrogen functional groups attached to an aromatic ring is 1. The maximum Gasteiger partial charge on any atom is 0.255 e. The molecule has 1 amide bonds. The monoisotopic (exact) mass is 246 g/mol. The third-order valence-electron chi connectivity index (χ3n) is 4.06. The van der Waals surface area contributed by atoms with Gasteiger partial charge in [0.1, 0.15) is 0 Å². The van der Waals surface area contributed by atoms with E-state index in [0.717, 1.165) is 32.6 Å². The first-order valence-corrected chi connectivity index (χ1v) is 6.39. The van der Waals surface area contributed by atoms with Crippen LogP contribution in [0.1, 0.15) is 23.2 Å². The van der Waals surface area contributed by atoms with Crippen LogP contribution < -0.4 is 11.1 Å². The van der Waals surface area contributed by atoms with E-state index < -0.39 is 0 Å². The van der Waals surface area contributed by atoms with E-state index in [1.54, 1.807) is 18.5 Å². The zero-order valence-corrected chi connectivity index (χ0v) is 10.4. The van der Waals surface area contributed by atoms with E-state index in [1.165, 1.54) is 6.42 Å². The van der Waals surface area contributed by atoms with Crippen molar-refractivity contribution < 1.29 is 4.79 Å². The topological polar surface area (TPSA) is 71.2 Å². The number of carbonyl (C=O) groups excluding carboxylic acids is 1. The van der Waals surface area contributed by atoms with Gasteiger partial charge in [-0.05, 0) is 25.5 Å². The fourth-order valence-electron chi connectivity index (χ4n) is 3.01. The molecule has 1 unspecified atom stereocenters. The number of carbonyl (C=O) groups is 1. The van der Waals surface area contributed by atoms with Gasteiger partial charge < -0.3 is 16.0 Å². The van der Waals surface area contributed by atoms with Crippen LogP contribution in [-0.2, 0) is 0 Å². The Balaban J connectivity index is 1.74. The number of aromatic nitrogens is 1. The van der Waals surface area contributed by atoms with Crippen molar-refractivity contribution in [2.24, 2.45) is 5.41 Å². The number of hydrogen-bond donors (Lipinski definition) is 2. The predicted molar refractivity (Wildman–Crippen MR) is 69.1 cm³/mol. The number of rotatable bonds is 1. The van der Waals surface area contributed by atoms with Gasteiger partial charge in [0, 0.05) is 37.4 Å². The second-order valence-corrected chi connectivity index (χ2v) is 5.41. The second kappa shape index (κ2) is 4.24. The number of likely N-dealkylation sites (tertiary alicyclic amines) is 1. The number of pyridine rings is 1. The molecule has 2 saturated heterocycles. The van der Waals surface area contributed by atoms with Gasteiger partial charge in [0.25, 0.3) is 5.91 Å². The van der Waals surface area contributed by atoms with Crippen LogP contribution >= 0.6 is 0 Å². The lowest BCUT2D eigenvalue weighted by atomic mass is 9.86. The zero-order chi connectivity index (χ0) is 12.6. The third kappa shape index (κ3) is 1.95. The van der Waals surface area contributed by atoms with Crippen molar-refractivity contribution in [3.63, 3.8) is 0 Å². The average molecular weight is 246 g/mol. The molecule has 3 N–H and O–H groups in total. The van der Waals surface area contributed by atoms with Gasteiger partial charge in [-0.2, -0.15) is 0 Å². The van der Waals surface area contributed by atoms with E-state index in [-0.39, 0.29) is 5.91 Å². The van der Waals surface area contributed by atoms with Crippen LogP contribution in [-0.4, -0.2) is 42.0 Å². The van der Waals surface area contributed by atoms with Crippen LogP contribution in [0.4, 0.5) is 5.69 Å². The quantitative estimate of drug-likeness (QED) is 0.756. The fourth-order valence-corrected chi connectivity index (χ4v) is 3.01. The third-order valence-corrected chi connectivity index (χ3v) is 4.06. The molecule has 1 aromatic heterocycles. The molecule has 0 aliphatic carbocycles. The molecule has 2 fully saturated rings. The van der Waals surface area contributed by atoms with E-state index >= 15 is 0 Å². The Hall–Kier alpha value is -1.62. The summed E-state index contributed by atoms with van der Waals surface area (Å²) in [6.45, 7) is 3.80. The highest BCUT2D eigenvalue weighted by Crippen LogP contribution is 2.36. The van der Waals surface area contributed by atoms with Gasteiger partial charge in [-0.1, -0.05) is 0 Å². The minimum atomic E-state index is 0.0542. The molecule has 2 aliphatic heterocycles. The Kier molecular flexibility index (Phi) is 2.70. The molecule has 3 heterocycles. The van der Waals surface area contributed by atoms with Gasteiger partial charge in [-0.25, -0.2) is 0 Å². The number of nitrogens with one attached hydrogen (secondary N) is 1.